The standard InChI is InChI=1S/C16H19N5O2S/c1-11-6-5-8-15(13(11)10-17)24(22,23)21-9-4-3-7-14(21)16-18-12(2)19-20-16/h5-6,8,14H,3-4,7,9H2,1-2H3,(H,18,19,20)/t14-/m0/s1. The van der Waals surface area contributed by atoms with Crippen molar-refractivity contribution < 1.29 is 8.42 Å². The lowest BCUT2D eigenvalue weighted by atomic mass is 10.0. The maximum atomic E-state index is 13.2. The summed E-state index contributed by atoms with van der Waals surface area (Å²) in [7, 11) is -3.80. The third-order valence-electron chi connectivity index (χ3n) is 4.30. The van der Waals surface area contributed by atoms with Gasteiger partial charge in [-0.2, -0.15) is 14.7 Å². The first kappa shape index (κ1) is 16.6. The zero-order valence-electron chi connectivity index (χ0n) is 13.7. The van der Waals surface area contributed by atoms with Gasteiger partial charge in [-0.15, -0.1) is 0 Å². The van der Waals surface area contributed by atoms with E-state index in [0.29, 0.717) is 30.2 Å². The molecule has 0 amide bonds. The molecule has 1 aliphatic rings. The highest BCUT2D eigenvalue weighted by atomic mass is 32.2. The maximum Gasteiger partial charge on any atom is 0.245 e. The fourth-order valence-electron chi connectivity index (χ4n) is 3.09. The Kier molecular flexibility index (Phi) is 4.39. The van der Waals surface area contributed by atoms with Gasteiger partial charge in [0.1, 0.15) is 16.8 Å². The smallest absolute Gasteiger partial charge is 0.245 e. The van der Waals surface area contributed by atoms with Crippen LogP contribution in [0.1, 0.15) is 48.1 Å². The summed E-state index contributed by atoms with van der Waals surface area (Å²) in [5.41, 5.74) is 0.855. The van der Waals surface area contributed by atoms with Crippen molar-refractivity contribution >= 4 is 10.0 Å². The number of benzene rings is 1. The SMILES string of the molecule is Cc1nc([C@@H]2CCCCN2S(=O)(=O)c2cccc(C)c2C#N)n[nH]1. The van der Waals surface area contributed by atoms with Crippen LogP contribution in [-0.4, -0.2) is 34.4 Å². The zero-order valence-corrected chi connectivity index (χ0v) is 14.5. The second-order valence-electron chi connectivity index (χ2n) is 5.97. The highest BCUT2D eigenvalue weighted by Gasteiger charge is 2.37. The largest absolute Gasteiger partial charge is 0.263 e. The van der Waals surface area contributed by atoms with E-state index in [0.717, 1.165) is 12.8 Å². The molecule has 0 aliphatic carbocycles. The molecule has 1 atom stereocenters. The van der Waals surface area contributed by atoms with E-state index in [4.69, 9.17) is 0 Å². The fourth-order valence-corrected chi connectivity index (χ4v) is 4.96. The van der Waals surface area contributed by atoms with Crippen LogP contribution in [0.2, 0.25) is 0 Å². The predicted octanol–water partition coefficient (Wildman–Crippen LogP) is 2.21. The number of H-pyrrole nitrogens is 1. The normalized spacial score (nSPS) is 19.1. The van der Waals surface area contributed by atoms with E-state index < -0.39 is 16.1 Å². The van der Waals surface area contributed by atoms with E-state index in [-0.39, 0.29) is 10.5 Å². The monoisotopic (exact) mass is 345 g/mol. The highest BCUT2D eigenvalue weighted by Crippen LogP contribution is 2.35. The number of nitriles is 1. The molecule has 0 saturated carbocycles. The van der Waals surface area contributed by atoms with Crippen LogP contribution >= 0.6 is 0 Å². The number of aromatic nitrogens is 3. The van der Waals surface area contributed by atoms with E-state index in [2.05, 4.69) is 15.2 Å². The van der Waals surface area contributed by atoms with Gasteiger partial charge in [0.25, 0.3) is 0 Å². The number of sulfonamides is 1. The molecule has 0 radical (unpaired) electrons. The molecule has 1 aromatic carbocycles. The van der Waals surface area contributed by atoms with Gasteiger partial charge in [-0.25, -0.2) is 13.4 Å². The Hall–Kier alpha value is -2.24. The van der Waals surface area contributed by atoms with E-state index in [1.807, 2.05) is 6.07 Å². The number of aryl methyl sites for hydroxylation is 2. The van der Waals surface area contributed by atoms with Crippen LogP contribution in [-0.2, 0) is 10.0 Å². The van der Waals surface area contributed by atoms with Gasteiger partial charge in [0, 0.05) is 6.54 Å². The lowest BCUT2D eigenvalue weighted by Crippen LogP contribution is -2.39. The van der Waals surface area contributed by atoms with Gasteiger partial charge < -0.3 is 0 Å². The fraction of sp³-hybridized carbons (Fsp3) is 0.438. The maximum absolute atomic E-state index is 13.2. The predicted molar refractivity (Wildman–Crippen MR) is 87.5 cm³/mol. The number of aromatic amines is 1. The van der Waals surface area contributed by atoms with Crippen LogP contribution < -0.4 is 0 Å². The number of rotatable bonds is 3. The van der Waals surface area contributed by atoms with Crippen molar-refractivity contribution in [2.75, 3.05) is 6.54 Å². The molecule has 2 heterocycles. The number of hydrogen-bond acceptors (Lipinski definition) is 5. The Balaban J connectivity index is 2.08. The van der Waals surface area contributed by atoms with Crippen LogP contribution in [0.15, 0.2) is 23.1 Å². The summed E-state index contributed by atoms with van der Waals surface area (Å²) in [5, 5.41) is 16.3. The van der Waals surface area contributed by atoms with E-state index in [1.54, 1.807) is 26.0 Å². The number of nitrogens with one attached hydrogen (secondary N) is 1. The van der Waals surface area contributed by atoms with Gasteiger partial charge in [-0.1, -0.05) is 18.6 Å². The summed E-state index contributed by atoms with van der Waals surface area (Å²) >= 11 is 0. The van der Waals surface area contributed by atoms with Crippen molar-refractivity contribution in [3.05, 3.63) is 41.0 Å². The summed E-state index contributed by atoms with van der Waals surface area (Å²) < 4.78 is 27.9. The molecule has 0 bridgehead atoms. The molecule has 126 valence electrons. The van der Waals surface area contributed by atoms with Crippen LogP contribution in [0.3, 0.4) is 0 Å². The Bertz CT molecular complexity index is 897. The third-order valence-corrected chi connectivity index (χ3v) is 6.25. The molecule has 7 nitrogen and oxygen atoms in total. The third kappa shape index (κ3) is 2.81. The van der Waals surface area contributed by atoms with Crippen molar-refractivity contribution in [1.29, 1.82) is 5.26 Å². The van der Waals surface area contributed by atoms with Crippen LogP contribution in [0.5, 0.6) is 0 Å². The summed E-state index contributed by atoms with van der Waals surface area (Å²) in [4.78, 5) is 4.37. The minimum Gasteiger partial charge on any atom is -0.263 e. The van der Waals surface area contributed by atoms with Crippen molar-refractivity contribution in [3.8, 4) is 6.07 Å². The number of piperidine rings is 1. The van der Waals surface area contributed by atoms with E-state index in [1.165, 1.54) is 10.4 Å². The van der Waals surface area contributed by atoms with Crippen molar-refractivity contribution in [2.45, 2.75) is 44.0 Å². The molecule has 1 fully saturated rings. The minimum atomic E-state index is -3.80. The molecular weight excluding hydrogens is 326 g/mol. The highest BCUT2D eigenvalue weighted by molar-refractivity contribution is 7.89. The first-order chi connectivity index (χ1) is 11.4. The molecule has 0 spiro atoms. The van der Waals surface area contributed by atoms with Crippen molar-refractivity contribution in [1.82, 2.24) is 19.5 Å². The van der Waals surface area contributed by atoms with E-state index >= 15 is 0 Å². The molecule has 0 unspecified atom stereocenters. The van der Waals surface area contributed by atoms with Gasteiger partial charge in [0.2, 0.25) is 10.0 Å². The molecule has 1 aromatic heterocycles. The molecule has 2 aromatic rings. The van der Waals surface area contributed by atoms with Gasteiger partial charge in [0.05, 0.1) is 11.6 Å². The van der Waals surface area contributed by atoms with E-state index in [9.17, 15) is 13.7 Å². The van der Waals surface area contributed by atoms with Crippen molar-refractivity contribution in [3.63, 3.8) is 0 Å². The Morgan fingerprint density at radius 3 is 2.79 bits per heavy atom. The summed E-state index contributed by atoms with van der Waals surface area (Å²) in [6.07, 6.45) is 2.38. The average Bonchev–Trinajstić information content (AvgIpc) is 3.01. The van der Waals surface area contributed by atoms with Crippen molar-refractivity contribution in [2.24, 2.45) is 0 Å². The van der Waals surface area contributed by atoms with Crippen LogP contribution in [0.4, 0.5) is 0 Å². The quantitative estimate of drug-likeness (QED) is 0.918. The average molecular weight is 345 g/mol. The molecular formula is C16H19N5O2S. The molecule has 1 N–H and O–H groups in total. The molecule has 3 rings (SSSR count). The van der Waals surface area contributed by atoms with Gasteiger partial charge in [0.15, 0.2) is 5.82 Å². The lowest BCUT2D eigenvalue weighted by molar-refractivity contribution is 0.247. The Morgan fingerprint density at radius 2 is 2.12 bits per heavy atom. The van der Waals surface area contributed by atoms with Gasteiger partial charge in [-0.05, 0) is 38.3 Å². The lowest BCUT2D eigenvalue weighted by Gasteiger charge is -2.33. The topological polar surface area (TPSA) is 103 Å². The molecule has 1 aliphatic heterocycles. The minimum absolute atomic E-state index is 0.0594. The summed E-state index contributed by atoms with van der Waals surface area (Å²) in [6.45, 7) is 3.93. The molecule has 1 saturated heterocycles. The summed E-state index contributed by atoms with van der Waals surface area (Å²) in [5.74, 6) is 1.14. The molecule has 24 heavy (non-hydrogen) atoms. The number of hydrogen-bond donors (Lipinski definition) is 1. The summed E-state index contributed by atoms with van der Waals surface area (Å²) in [6, 6.07) is 6.52. The van der Waals surface area contributed by atoms with Gasteiger partial charge in [-0.3, -0.25) is 5.10 Å². The van der Waals surface area contributed by atoms with Gasteiger partial charge >= 0.3 is 0 Å². The Morgan fingerprint density at radius 1 is 1.33 bits per heavy atom. The molecule has 8 heteroatoms. The van der Waals surface area contributed by atoms with Crippen LogP contribution in [0.25, 0.3) is 0 Å². The second kappa shape index (κ2) is 6.34. The van der Waals surface area contributed by atoms with Crippen LogP contribution in [0, 0.1) is 25.2 Å². The number of nitrogens with zero attached hydrogens (tertiary/aromatic N) is 4. The first-order valence-corrected chi connectivity index (χ1v) is 9.29. The second-order valence-corrected chi connectivity index (χ2v) is 7.83. The first-order valence-electron chi connectivity index (χ1n) is 7.85. The zero-order chi connectivity index (χ0) is 17.3. The Labute approximate surface area is 141 Å².